The molecule has 0 bridgehead atoms. The average molecular weight is 517 g/mol. The molecule has 10 heteroatoms. The number of hydrogen-bond acceptors (Lipinski definition) is 5. The Balaban J connectivity index is 2.11. The van der Waals surface area contributed by atoms with Crippen molar-refractivity contribution < 1.29 is 10.0 Å². The standard InChI is InChI=1S/C11H13I2N5O3/c1-6-14-9(18(20)21)5-16(6)3-8(19)4-17-7(2)15-10(12)11(17)13/h5,8,19H,3-4H2,1-2H3. The first-order valence-electron chi connectivity index (χ1n) is 6.04. The number of hydrogen-bond donors (Lipinski definition) is 1. The van der Waals surface area contributed by atoms with Gasteiger partial charge in [0.15, 0.2) is 0 Å². The zero-order valence-corrected chi connectivity index (χ0v) is 15.6. The molecule has 2 rings (SSSR count). The molecule has 0 aliphatic carbocycles. The second-order valence-corrected chi connectivity index (χ2v) is 6.60. The molecule has 0 aliphatic rings. The minimum atomic E-state index is -0.685. The van der Waals surface area contributed by atoms with Gasteiger partial charge in [0.1, 0.15) is 19.4 Å². The van der Waals surface area contributed by atoms with E-state index in [9.17, 15) is 15.2 Å². The van der Waals surface area contributed by atoms with Crippen LogP contribution in [0.25, 0.3) is 0 Å². The summed E-state index contributed by atoms with van der Waals surface area (Å²) >= 11 is 4.33. The monoisotopic (exact) mass is 517 g/mol. The lowest BCUT2D eigenvalue weighted by atomic mass is 10.3. The van der Waals surface area contributed by atoms with Crippen molar-refractivity contribution >= 4 is 51.0 Å². The van der Waals surface area contributed by atoms with E-state index in [1.807, 2.05) is 11.5 Å². The Kier molecular flexibility index (Phi) is 5.19. The SMILES string of the molecule is Cc1nc([N+](=O)[O-])cn1CC(O)Cn1c(C)nc(I)c1I. The third kappa shape index (κ3) is 3.71. The van der Waals surface area contributed by atoms with E-state index in [4.69, 9.17) is 0 Å². The number of aliphatic hydroxyl groups excluding tert-OH is 1. The smallest absolute Gasteiger partial charge is 0.381 e. The van der Waals surface area contributed by atoms with Gasteiger partial charge in [0, 0.05) is 6.92 Å². The van der Waals surface area contributed by atoms with Crippen LogP contribution in [0.1, 0.15) is 11.6 Å². The van der Waals surface area contributed by atoms with E-state index in [0.717, 1.165) is 13.2 Å². The van der Waals surface area contributed by atoms with E-state index in [0.29, 0.717) is 12.4 Å². The van der Waals surface area contributed by atoms with Gasteiger partial charge in [-0.2, -0.15) is 0 Å². The first-order valence-corrected chi connectivity index (χ1v) is 8.19. The van der Waals surface area contributed by atoms with Gasteiger partial charge in [-0.1, -0.05) is 0 Å². The zero-order chi connectivity index (χ0) is 15.7. The van der Waals surface area contributed by atoms with Crippen LogP contribution in [0.4, 0.5) is 5.82 Å². The van der Waals surface area contributed by atoms with Crippen molar-refractivity contribution in [2.24, 2.45) is 0 Å². The number of aliphatic hydroxyl groups is 1. The number of imidazole rings is 2. The molecular formula is C11H13I2N5O3. The third-order valence-corrected chi connectivity index (χ3v) is 5.89. The Morgan fingerprint density at radius 3 is 2.48 bits per heavy atom. The summed E-state index contributed by atoms with van der Waals surface area (Å²) in [6.45, 7) is 4.18. The number of rotatable bonds is 5. The Morgan fingerprint density at radius 1 is 1.33 bits per heavy atom. The van der Waals surface area contributed by atoms with Gasteiger partial charge in [-0.15, -0.1) is 0 Å². The molecule has 1 N–H and O–H groups in total. The number of halogens is 2. The highest BCUT2D eigenvalue weighted by atomic mass is 127. The second-order valence-electron chi connectivity index (χ2n) is 4.56. The number of aryl methyl sites for hydroxylation is 2. The molecule has 2 heterocycles. The van der Waals surface area contributed by atoms with E-state index in [1.165, 1.54) is 6.20 Å². The van der Waals surface area contributed by atoms with E-state index in [2.05, 4.69) is 55.1 Å². The molecule has 0 saturated heterocycles. The highest BCUT2D eigenvalue weighted by Crippen LogP contribution is 2.17. The van der Waals surface area contributed by atoms with Crippen LogP contribution in [0, 0.1) is 31.4 Å². The van der Waals surface area contributed by atoms with Crippen LogP contribution in [-0.4, -0.2) is 35.2 Å². The summed E-state index contributed by atoms with van der Waals surface area (Å²) in [6, 6.07) is 0. The summed E-state index contributed by atoms with van der Waals surface area (Å²) in [5, 5.41) is 20.9. The normalized spacial score (nSPS) is 12.6. The van der Waals surface area contributed by atoms with Gasteiger partial charge >= 0.3 is 5.82 Å². The van der Waals surface area contributed by atoms with Crippen LogP contribution in [0.3, 0.4) is 0 Å². The molecule has 114 valence electrons. The van der Waals surface area contributed by atoms with Gasteiger partial charge in [-0.05, 0) is 62.0 Å². The molecule has 0 aliphatic heterocycles. The van der Waals surface area contributed by atoms with Crippen LogP contribution in [0.2, 0.25) is 0 Å². The molecule has 0 spiro atoms. The van der Waals surface area contributed by atoms with Crippen LogP contribution >= 0.6 is 45.2 Å². The van der Waals surface area contributed by atoms with Gasteiger partial charge in [-0.3, -0.25) is 0 Å². The van der Waals surface area contributed by atoms with Gasteiger partial charge in [0.2, 0.25) is 5.82 Å². The average Bonchev–Trinajstić information content (AvgIpc) is 2.86. The molecule has 21 heavy (non-hydrogen) atoms. The largest absolute Gasteiger partial charge is 0.389 e. The molecule has 1 unspecified atom stereocenters. The van der Waals surface area contributed by atoms with E-state index in [1.54, 1.807) is 11.5 Å². The topological polar surface area (TPSA) is 99.0 Å². The van der Waals surface area contributed by atoms with E-state index in [-0.39, 0.29) is 12.4 Å². The molecule has 0 amide bonds. The predicted octanol–water partition coefficient (Wildman–Crippen LogP) is 1.87. The maximum atomic E-state index is 10.7. The Morgan fingerprint density at radius 2 is 2.00 bits per heavy atom. The molecule has 0 saturated carbocycles. The predicted molar refractivity (Wildman–Crippen MR) is 92.0 cm³/mol. The molecule has 0 fully saturated rings. The Labute approximate surface area is 148 Å². The van der Waals surface area contributed by atoms with Crippen LogP contribution in [-0.2, 0) is 13.1 Å². The highest BCUT2D eigenvalue weighted by Gasteiger charge is 2.19. The van der Waals surface area contributed by atoms with E-state index < -0.39 is 11.0 Å². The Bertz CT molecular complexity index is 682. The van der Waals surface area contributed by atoms with Gasteiger partial charge in [0.05, 0.1) is 19.2 Å². The van der Waals surface area contributed by atoms with Crippen molar-refractivity contribution in [3.63, 3.8) is 0 Å². The highest BCUT2D eigenvalue weighted by molar-refractivity contribution is 14.1. The fraction of sp³-hybridized carbons (Fsp3) is 0.455. The van der Waals surface area contributed by atoms with Crippen molar-refractivity contribution in [2.45, 2.75) is 33.0 Å². The Hall–Kier alpha value is -0.760. The first-order chi connectivity index (χ1) is 9.79. The number of aromatic nitrogens is 4. The van der Waals surface area contributed by atoms with Crippen molar-refractivity contribution in [3.8, 4) is 0 Å². The van der Waals surface area contributed by atoms with Gasteiger partial charge < -0.3 is 24.4 Å². The van der Waals surface area contributed by atoms with Crippen LogP contribution < -0.4 is 0 Å². The number of nitro groups is 1. The minimum absolute atomic E-state index is 0.206. The molecule has 0 aromatic carbocycles. The lowest BCUT2D eigenvalue weighted by molar-refractivity contribution is -0.389. The molecule has 1 atom stereocenters. The van der Waals surface area contributed by atoms with Crippen LogP contribution in [0.5, 0.6) is 0 Å². The first kappa shape index (κ1) is 16.6. The molecule has 0 radical (unpaired) electrons. The van der Waals surface area contributed by atoms with Gasteiger partial charge in [0.25, 0.3) is 0 Å². The summed E-state index contributed by atoms with van der Waals surface area (Å²) in [4.78, 5) is 18.3. The van der Waals surface area contributed by atoms with Crippen molar-refractivity contribution in [1.29, 1.82) is 0 Å². The maximum absolute atomic E-state index is 10.7. The number of nitrogens with zero attached hydrogens (tertiary/aromatic N) is 5. The molecule has 2 aromatic rings. The fourth-order valence-electron chi connectivity index (χ4n) is 1.97. The summed E-state index contributed by atoms with van der Waals surface area (Å²) in [5.41, 5.74) is 0. The summed E-state index contributed by atoms with van der Waals surface area (Å²) in [7, 11) is 0. The van der Waals surface area contributed by atoms with E-state index >= 15 is 0 Å². The minimum Gasteiger partial charge on any atom is -0.389 e. The zero-order valence-electron chi connectivity index (χ0n) is 11.3. The summed E-state index contributed by atoms with van der Waals surface area (Å²) < 4.78 is 5.38. The fourth-order valence-corrected chi connectivity index (χ4v) is 3.28. The summed E-state index contributed by atoms with van der Waals surface area (Å²) in [6.07, 6.45) is 0.656. The van der Waals surface area contributed by atoms with Crippen molar-refractivity contribution in [1.82, 2.24) is 19.1 Å². The van der Waals surface area contributed by atoms with Crippen LogP contribution in [0.15, 0.2) is 6.20 Å². The molecular weight excluding hydrogens is 504 g/mol. The quantitative estimate of drug-likeness (QED) is 0.371. The summed E-state index contributed by atoms with van der Waals surface area (Å²) in [5.74, 6) is 1.13. The van der Waals surface area contributed by atoms with Crippen molar-refractivity contribution in [2.75, 3.05) is 0 Å². The maximum Gasteiger partial charge on any atom is 0.381 e. The lowest BCUT2D eigenvalue weighted by Crippen LogP contribution is -2.23. The molecule has 2 aromatic heterocycles. The third-order valence-electron chi connectivity index (χ3n) is 3.01. The lowest BCUT2D eigenvalue weighted by Gasteiger charge is -2.14. The van der Waals surface area contributed by atoms with Crippen molar-refractivity contribution in [3.05, 3.63) is 35.4 Å². The van der Waals surface area contributed by atoms with Gasteiger partial charge in [-0.25, -0.2) is 4.98 Å². The second kappa shape index (κ2) is 6.56. The molecule has 8 nitrogen and oxygen atoms in total.